The predicted octanol–water partition coefficient (Wildman–Crippen LogP) is 4.12. The van der Waals surface area contributed by atoms with Crippen LogP contribution in [0.4, 0.5) is 0 Å². The smallest absolute Gasteiger partial charge is 0.00698 e. The van der Waals surface area contributed by atoms with Crippen LogP contribution in [0.1, 0.15) is 71.6 Å². The predicted molar refractivity (Wildman–Crippen MR) is 70.6 cm³/mol. The average Bonchev–Trinajstić information content (AvgIpc) is 2.47. The number of nitrogens with one attached hydrogen (secondary N) is 1. The molecule has 2 atom stereocenters. The molecular weight excluding hydrogens is 194 g/mol. The van der Waals surface area contributed by atoms with Gasteiger partial charge in [-0.1, -0.05) is 26.7 Å². The lowest BCUT2D eigenvalue weighted by atomic mass is 9.87. The zero-order valence-electron chi connectivity index (χ0n) is 11.2. The fourth-order valence-electron chi connectivity index (χ4n) is 3.41. The molecule has 0 aromatic heterocycles. The Bertz CT molecular complexity index is 194. The fourth-order valence-corrected chi connectivity index (χ4v) is 3.41. The van der Waals surface area contributed by atoms with Crippen molar-refractivity contribution in [2.75, 3.05) is 0 Å². The van der Waals surface area contributed by atoms with Gasteiger partial charge in [0.05, 0.1) is 0 Å². The van der Waals surface area contributed by atoms with Gasteiger partial charge in [0.2, 0.25) is 0 Å². The molecule has 94 valence electrons. The van der Waals surface area contributed by atoms with E-state index in [1.807, 2.05) is 0 Å². The van der Waals surface area contributed by atoms with E-state index in [1.54, 1.807) is 0 Å². The summed E-state index contributed by atoms with van der Waals surface area (Å²) in [5.74, 6) is 1.95. The van der Waals surface area contributed by atoms with Gasteiger partial charge >= 0.3 is 0 Å². The van der Waals surface area contributed by atoms with Crippen LogP contribution in [-0.2, 0) is 0 Å². The van der Waals surface area contributed by atoms with Crippen LogP contribution in [0.3, 0.4) is 0 Å². The Morgan fingerprint density at radius 2 is 1.12 bits per heavy atom. The fraction of sp³-hybridized carbons (Fsp3) is 1.00. The van der Waals surface area contributed by atoms with Crippen LogP contribution in [0.2, 0.25) is 0 Å². The summed E-state index contributed by atoms with van der Waals surface area (Å²) >= 11 is 0. The largest absolute Gasteiger partial charge is 0.311 e. The van der Waals surface area contributed by atoms with E-state index < -0.39 is 0 Å². The quantitative estimate of drug-likeness (QED) is 0.694. The standard InChI is InChI=1S/C15H29N/c1-12-4-3-5-14(9-6-12)16-15-10-7-13(2)8-11-15/h12-16H,3-11H2,1-2H3. The minimum Gasteiger partial charge on any atom is -0.311 e. The van der Waals surface area contributed by atoms with E-state index in [0.717, 1.165) is 23.9 Å². The van der Waals surface area contributed by atoms with Crippen molar-refractivity contribution < 1.29 is 0 Å². The van der Waals surface area contributed by atoms with E-state index in [9.17, 15) is 0 Å². The maximum absolute atomic E-state index is 3.94. The van der Waals surface area contributed by atoms with Crippen molar-refractivity contribution in [2.45, 2.75) is 83.7 Å². The molecule has 1 N–H and O–H groups in total. The lowest BCUT2D eigenvalue weighted by Gasteiger charge is -2.30. The second kappa shape index (κ2) is 6.05. The van der Waals surface area contributed by atoms with E-state index in [-0.39, 0.29) is 0 Å². The third kappa shape index (κ3) is 3.76. The van der Waals surface area contributed by atoms with Crippen molar-refractivity contribution in [3.8, 4) is 0 Å². The maximum Gasteiger partial charge on any atom is 0.00698 e. The molecule has 0 heterocycles. The normalized spacial score (nSPS) is 41.6. The SMILES string of the molecule is CC1CCCC(NC2CCC(C)CC2)CC1. The van der Waals surface area contributed by atoms with Crippen molar-refractivity contribution in [1.29, 1.82) is 0 Å². The van der Waals surface area contributed by atoms with Crippen LogP contribution >= 0.6 is 0 Å². The van der Waals surface area contributed by atoms with Gasteiger partial charge in [0.1, 0.15) is 0 Å². The van der Waals surface area contributed by atoms with Crippen LogP contribution in [0.15, 0.2) is 0 Å². The molecule has 1 nitrogen and oxygen atoms in total. The van der Waals surface area contributed by atoms with Crippen molar-refractivity contribution in [1.82, 2.24) is 5.32 Å². The lowest BCUT2D eigenvalue weighted by Crippen LogP contribution is -2.40. The molecule has 1 heteroatoms. The van der Waals surface area contributed by atoms with Gasteiger partial charge in [-0.3, -0.25) is 0 Å². The summed E-state index contributed by atoms with van der Waals surface area (Å²) in [6.07, 6.45) is 12.9. The summed E-state index contributed by atoms with van der Waals surface area (Å²) in [5.41, 5.74) is 0. The second-order valence-electron chi connectivity index (χ2n) is 6.43. The highest BCUT2D eigenvalue weighted by Crippen LogP contribution is 2.27. The Morgan fingerprint density at radius 1 is 0.625 bits per heavy atom. The first-order valence-corrected chi connectivity index (χ1v) is 7.50. The van der Waals surface area contributed by atoms with Gasteiger partial charge in [-0.05, 0) is 56.8 Å². The van der Waals surface area contributed by atoms with Crippen molar-refractivity contribution in [2.24, 2.45) is 11.8 Å². The van der Waals surface area contributed by atoms with Gasteiger partial charge in [0, 0.05) is 12.1 Å². The minimum absolute atomic E-state index is 0.836. The molecule has 0 aromatic carbocycles. The van der Waals surface area contributed by atoms with Crippen LogP contribution in [0.25, 0.3) is 0 Å². The first kappa shape index (κ1) is 12.4. The van der Waals surface area contributed by atoms with Gasteiger partial charge in [-0.15, -0.1) is 0 Å². The van der Waals surface area contributed by atoms with E-state index in [1.165, 1.54) is 57.8 Å². The van der Waals surface area contributed by atoms with Crippen LogP contribution in [0, 0.1) is 11.8 Å². The first-order valence-electron chi connectivity index (χ1n) is 7.50. The number of rotatable bonds is 2. The number of hydrogen-bond acceptors (Lipinski definition) is 1. The summed E-state index contributed by atoms with van der Waals surface area (Å²) in [6, 6.07) is 1.68. The van der Waals surface area contributed by atoms with Crippen LogP contribution < -0.4 is 5.32 Å². The Labute approximate surface area is 101 Å². The molecule has 2 aliphatic carbocycles. The molecule has 2 aliphatic rings. The Kier molecular flexibility index (Phi) is 4.69. The molecule has 0 bridgehead atoms. The average molecular weight is 223 g/mol. The van der Waals surface area contributed by atoms with E-state index in [4.69, 9.17) is 0 Å². The molecule has 16 heavy (non-hydrogen) atoms. The zero-order chi connectivity index (χ0) is 11.4. The topological polar surface area (TPSA) is 12.0 Å². The van der Waals surface area contributed by atoms with Crippen molar-refractivity contribution in [3.63, 3.8) is 0 Å². The molecule has 2 rings (SSSR count). The van der Waals surface area contributed by atoms with Crippen molar-refractivity contribution in [3.05, 3.63) is 0 Å². The third-order valence-corrected chi connectivity index (χ3v) is 4.74. The monoisotopic (exact) mass is 223 g/mol. The van der Waals surface area contributed by atoms with Gasteiger partial charge in [0.25, 0.3) is 0 Å². The molecule has 0 aliphatic heterocycles. The second-order valence-corrected chi connectivity index (χ2v) is 6.43. The molecule has 2 fully saturated rings. The molecule has 2 saturated carbocycles. The molecule has 2 unspecified atom stereocenters. The minimum atomic E-state index is 0.836. The Hall–Kier alpha value is -0.0400. The molecule has 0 aromatic rings. The Balaban J connectivity index is 1.72. The summed E-state index contributed by atoms with van der Waals surface area (Å²) < 4.78 is 0. The summed E-state index contributed by atoms with van der Waals surface area (Å²) in [6.45, 7) is 4.83. The van der Waals surface area contributed by atoms with E-state index >= 15 is 0 Å². The van der Waals surface area contributed by atoms with Crippen LogP contribution in [-0.4, -0.2) is 12.1 Å². The third-order valence-electron chi connectivity index (χ3n) is 4.74. The zero-order valence-corrected chi connectivity index (χ0v) is 11.2. The molecule has 0 radical (unpaired) electrons. The van der Waals surface area contributed by atoms with Gasteiger partial charge in [-0.2, -0.15) is 0 Å². The number of hydrogen-bond donors (Lipinski definition) is 1. The summed E-state index contributed by atoms with van der Waals surface area (Å²) in [4.78, 5) is 0. The molecule has 0 saturated heterocycles. The molecule has 0 spiro atoms. The van der Waals surface area contributed by atoms with E-state index in [0.29, 0.717) is 0 Å². The molecular formula is C15H29N. The summed E-state index contributed by atoms with van der Waals surface area (Å²) in [5, 5.41) is 3.94. The first-order chi connectivity index (χ1) is 7.74. The highest BCUT2D eigenvalue weighted by atomic mass is 14.9. The van der Waals surface area contributed by atoms with Crippen molar-refractivity contribution >= 4 is 0 Å². The maximum atomic E-state index is 3.94. The lowest BCUT2D eigenvalue weighted by molar-refractivity contribution is 0.276. The van der Waals surface area contributed by atoms with E-state index in [2.05, 4.69) is 19.2 Å². The van der Waals surface area contributed by atoms with Gasteiger partial charge in [0.15, 0.2) is 0 Å². The Morgan fingerprint density at radius 3 is 1.75 bits per heavy atom. The summed E-state index contributed by atoms with van der Waals surface area (Å²) in [7, 11) is 0. The van der Waals surface area contributed by atoms with Gasteiger partial charge < -0.3 is 5.32 Å². The van der Waals surface area contributed by atoms with Gasteiger partial charge in [-0.25, -0.2) is 0 Å². The highest BCUT2D eigenvalue weighted by Gasteiger charge is 2.22. The highest BCUT2D eigenvalue weighted by molar-refractivity contribution is 4.81. The van der Waals surface area contributed by atoms with Crippen LogP contribution in [0.5, 0.6) is 0 Å². The molecule has 0 amide bonds.